The lowest BCUT2D eigenvalue weighted by atomic mass is 10.1. The number of thioether (sulfide) groups is 1. The van der Waals surface area contributed by atoms with Crippen molar-refractivity contribution in [2.24, 2.45) is 0 Å². The maximum atomic E-state index is 13.2. The maximum Gasteiger partial charge on any atom is 0.266 e. The van der Waals surface area contributed by atoms with E-state index in [4.69, 9.17) is 12.2 Å². The van der Waals surface area contributed by atoms with Gasteiger partial charge in [0.2, 0.25) is 5.91 Å². The third-order valence-electron chi connectivity index (χ3n) is 6.11. The number of aromatic nitrogens is 2. The van der Waals surface area contributed by atoms with Crippen molar-refractivity contribution in [3.63, 3.8) is 0 Å². The number of carbonyl (C=O) groups is 2. The molecule has 2 amide bonds. The molecule has 4 heterocycles. The van der Waals surface area contributed by atoms with Gasteiger partial charge in [-0.2, -0.15) is 0 Å². The van der Waals surface area contributed by atoms with Gasteiger partial charge in [-0.1, -0.05) is 46.0 Å². The van der Waals surface area contributed by atoms with Gasteiger partial charge in [0.05, 0.1) is 11.4 Å². The van der Waals surface area contributed by atoms with Crippen LogP contribution in [-0.2, 0) is 22.7 Å². The smallest absolute Gasteiger partial charge is 0.266 e. The van der Waals surface area contributed by atoms with Crippen molar-refractivity contribution in [2.75, 3.05) is 13.1 Å². The van der Waals surface area contributed by atoms with E-state index in [1.54, 1.807) is 17.3 Å². The van der Waals surface area contributed by atoms with Gasteiger partial charge in [-0.25, -0.2) is 0 Å². The summed E-state index contributed by atoms with van der Waals surface area (Å²) in [6.07, 6.45) is 10.6. The fourth-order valence-electron chi connectivity index (χ4n) is 4.38. The first-order valence-electron chi connectivity index (χ1n) is 11.2. The molecule has 0 aliphatic carbocycles. The van der Waals surface area contributed by atoms with Crippen molar-refractivity contribution in [3.05, 3.63) is 69.4 Å². The highest BCUT2D eigenvalue weighted by Gasteiger charge is 2.32. The van der Waals surface area contributed by atoms with E-state index in [0.29, 0.717) is 15.8 Å². The molecule has 0 unspecified atom stereocenters. The molecule has 2 saturated heterocycles. The monoisotopic (exact) mass is 554 g/mol. The summed E-state index contributed by atoms with van der Waals surface area (Å²) in [6.45, 7) is 2.34. The molecule has 9 heteroatoms. The van der Waals surface area contributed by atoms with Crippen LogP contribution in [0.15, 0.2) is 58.3 Å². The Morgan fingerprint density at radius 2 is 2.03 bits per heavy atom. The second-order valence-electron chi connectivity index (χ2n) is 8.44. The zero-order valence-electron chi connectivity index (χ0n) is 18.4. The molecule has 2 aromatic heterocycles. The van der Waals surface area contributed by atoms with Crippen LogP contribution in [0.5, 0.6) is 0 Å². The van der Waals surface area contributed by atoms with Crippen molar-refractivity contribution in [1.29, 1.82) is 0 Å². The van der Waals surface area contributed by atoms with Gasteiger partial charge in [0, 0.05) is 52.6 Å². The molecular weight excluding hydrogens is 532 g/mol. The van der Waals surface area contributed by atoms with Gasteiger partial charge >= 0.3 is 0 Å². The molecule has 1 aromatic carbocycles. The Bertz CT molecular complexity index is 1300. The molecule has 2 aliphatic rings. The number of fused-ring (bicyclic) bond motifs is 1. The summed E-state index contributed by atoms with van der Waals surface area (Å²) in [5, 5.41) is 0.985. The van der Waals surface area contributed by atoms with Gasteiger partial charge in [0.1, 0.15) is 10.9 Å². The number of carbonyl (C=O) groups excluding carboxylic acids is 2. The van der Waals surface area contributed by atoms with Crippen LogP contribution in [0, 0.1) is 0 Å². The Morgan fingerprint density at radius 1 is 1.21 bits per heavy atom. The largest absolute Gasteiger partial charge is 0.341 e. The predicted octanol–water partition coefficient (Wildman–Crippen LogP) is 5.21. The van der Waals surface area contributed by atoms with E-state index in [2.05, 4.69) is 20.9 Å². The molecule has 6 nitrogen and oxygen atoms in total. The fourth-order valence-corrected chi connectivity index (χ4v) is 5.99. The van der Waals surface area contributed by atoms with Gasteiger partial charge in [-0.15, -0.1) is 0 Å². The fraction of sp³-hybridized carbons (Fsp3) is 0.280. The highest BCUT2D eigenvalue weighted by Crippen LogP contribution is 2.35. The SMILES string of the molecule is O=C(Cn1cc(/C=C2\SC(=S)N(Cc3cccnc3)C2=O)c2cc(Br)ccc21)N1CCCCC1. The van der Waals surface area contributed by atoms with Crippen molar-refractivity contribution in [3.8, 4) is 0 Å². The maximum absolute atomic E-state index is 13.2. The van der Waals surface area contributed by atoms with Crippen LogP contribution in [0.1, 0.15) is 30.4 Å². The average molecular weight is 556 g/mol. The van der Waals surface area contributed by atoms with Crippen LogP contribution in [0.4, 0.5) is 0 Å². The number of rotatable bonds is 5. The lowest BCUT2D eigenvalue weighted by Gasteiger charge is -2.27. The summed E-state index contributed by atoms with van der Waals surface area (Å²) >= 11 is 10.4. The first-order valence-corrected chi connectivity index (χ1v) is 13.2. The number of hydrogen-bond acceptors (Lipinski definition) is 5. The summed E-state index contributed by atoms with van der Waals surface area (Å²) in [4.78, 5) is 34.4. The summed E-state index contributed by atoms with van der Waals surface area (Å²) in [5.41, 5.74) is 2.78. The molecule has 34 heavy (non-hydrogen) atoms. The second-order valence-corrected chi connectivity index (χ2v) is 11.0. The van der Waals surface area contributed by atoms with Crippen LogP contribution in [0.3, 0.4) is 0 Å². The zero-order chi connectivity index (χ0) is 23.7. The van der Waals surface area contributed by atoms with Gasteiger partial charge in [0.25, 0.3) is 5.91 Å². The number of benzene rings is 1. The lowest BCUT2D eigenvalue weighted by Crippen LogP contribution is -2.37. The molecule has 2 aliphatic heterocycles. The van der Waals surface area contributed by atoms with Gasteiger partial charge in [0.15, 0.2) is 0 Å². The van der Waals surface area contributed by atoms with Crippen molar-refractivity contribution < 1.29 is 9.59 Å². The third kappa shape index (κ3) is 4.82. The van der Waals surface area contributed by atoms with Crippen LogP contribution in [-0.4, -0.2) is 48.6 Å². The van der Waals surface area contributed by atoms with Crippen LogP contribution in [0.25, 0.3) is 17.0 Å². The van der Waals surface area contributed by atoms with Crippen molar-refractivity contribution in [2.45, 2.75) is 32.4 Å². The zero-order valence-corrected chi connectivity index (χ0v) is 21.7. The Kier molecular flexibility index (Phi) is 6.85. The highest BCUT2D eigenvalue weighted by atomic mass is 79.9. The van der Waals surface area contributed by atoms with E-state index in [1.807, 2.05) is 52.1 Å². The van der Waals surface area contributed by atoms with Crippen LogP contribution < -0.4 is 0 Å². The van der Waals surface area contributed by atoms with Crippen molar-refractivity contribution >= 4 is 73.0 Å². The van der Waals surface area contributed by atoms with Crippen LogP contribution >= 0.6 is 39.9 Å². The normalized spacial score (nSPS) is 17.9. The predicted molar refractivity (Wildman–Crippen MR) is 143 cm³/mol. The van der Waals surface area contributed by atoms with Gasteiger partial charge < -0.3 is 9.47 Å². The Balaban J connectivity index is 1.44. The first-order chi connectivity index (χ1) is 16.5. The van der Waals surface area contributed by atoms with E-state index in [0.717, 1.165) is 52.4 Å². The van der Waals surface area contributed by atoms with E-state index in [9.17, 15) is 9.59 Å². The number of halogens is 1. The molecular formula is C25H23BrN4O2S2. The van der Waals surface area contributed by atoms with Gasteiger partial charge in [-0.05, 0) is 55.2 Å². The summed E-state index contributed by atoms with van der Waals surface area (Å²) in [7, 11) is 0. The Hall–Kier alpha value is -2.49. The van der Waals surface area contributed by atoms with Gasteiger partial charge in [-0.3, -0.25) is 19.5 Å². The van der Waals surface area contributed by atoms with Crippen molar-refractivity contribution in [1.82, 2.24) is 19.4 Å². The standard InChI is InChI=1S/C25H23BrN4O2S2/c26-19-6-7-21-20(12-19)18(15-29(21)16-23(31)28-9-2-1-3-10-28)11-22-24(32)30(25(33)34-22)14-17-5-4-8-27-13-17/h4-8,11-13,15H,1-3,9-10,14,16H2/b22-11-. The molecule has 174 valence electrons. The molecule has 0 radical (unpaired) electrons. The highest BCUT2D eigenvalue weighted by molar-refractivity contribution is 9.10. The summed E-state index contributed by atoms with van der Waals surface area (Å²) < 4.78 is 3.46. The number of piperidine rings is 1. The third-order valence-corrected chi connectivity index (χ3v) is 7.98. The molecule has 2 fully saturated rings. The number of likely N-dealkylation sites (tertiary alicyclic amines) is 1. The lowest BCUT2D eigenvalue weighted by molar-refractivity contribution is -0.132. The minimum atomic E-state index is -0.112. The summed E-state index contributed by atoms with van der Waals surface area (Å²) in [5.74, 6) is 0.0213. The number of thiocarbonyl (C=S) groups is 1. The topological polar surface area (TPSA) is 58.4 Å². The molecule has 0 atom stereocenters. The van der Waals surface area contributed by atoms with E-state index in [-0.39, 0.29) is 18.4 Å². The van der Waals surface area contributed by atoms with Crippen LogP contribution in [0.2, 0.25) is 0 Å². The quantitative estimate of drug-likeness (QED) is 0.320. The molecule has 3 aromatic rings. The minimum Gasteiger partial charge on any atom is -0.341 e. The van der Waals surface area contributed by atoms with E-state index < -0.39 is 0 Å². The molecule has 0 spiro atoms. The molecule has 0 bridgehead atoms. The number of nitrogens with zero attached hydrogens (tertiary/aromatic N) is 4. The first kappa shape index (κ1) is 23.3. The molecule has 0 N–H and O–H groups in total. The Morgan fingerprint density at radius 3 is 2.79 bits per heavy atom. The number of amides is 2. The molecule has 5 rings (SSSR count). The minimum absolute atomic E-state index is 0.112. The second kappa shape index (κ2) is 10.0. The number of hydrogen-bond donors (Lipinski definition) is 0. The summed E-state index contributed by atoms with van der Waals surface area (Å²) in [6, 6.07) is 9.79. The average Bonchev–Trinajstić information content (AvgIpc) is 3.31. The van der Waals surface area contributed by atoms with E-state index in [1.165, 1.54) is 18.2 Å². The molecule has 0 saturated carbocycles. The Labute approximate surface area is 216 Å². The van der Waals surface area contributed by atoms with E-state index >= 15 is 0 Å². The number of pyridine rings is 1.